The van der Waals surface area contributed by atoms with Gasteiger partial charge in [-0.3, -0.25) is 4.79 Å². The Bertz CT molecular complexity index is 1040. The van der Waals surface area contributed by atoms with Gasteiger partial charge in [0, 0.05) is 63.3 Å². The molecule has 1 spiro atoms. The summed E-state index contributed by atoms with van der Waals surface area (Å²) in [5.41, 5.74) is 6.67. The molecule has 3 fully saturated rings. The average Bonchev–Trinajstić information content (AvgIpc) is 2.88. The molecule has 9 nitrogen and oxygen atoms in total. The molecular weight excluding hydrogens is 486 g/mol. The van der Waals surface area contributed by atoms with Gasteiger partial charge in [0.05, 0.1) is 30.6 Å². The molecule has 1 amide bonds. The summed E-state index contributed by atoms with van der Waals surface area (Å²) in [5, 5.41) is 1.43. The fraction of sp³-hybridized carbons (Fsp3) is 0.583. The Hall–Kier alpha value is -2.14. The Balaban J connectivity index is 1.20. The van der Waals surface area contributed by atoms with Crippen LogP contribution in [0.15, 0.2) is 34.6 Å². The molecule has 5 heterocycles. The molecule has 188 valence electrons. The number of halogens is 1. The van der Waals surface area contributed by atoms with Gasteiger partial charge in [0.2, 0.25) is 5.91 Å². The number of piperidine rings is 2. The first-order chi connectivity index (χ1) is 16.9. The van der Waals surface area contributed by atoms with Gasteiger partial charge in [-0.05, 0) is 30.7 Å². The van der Waals surface area contributed by atoms with Crippen molar-refractivity contribution >= 4 is 40.9 Å². The molecule has 1 unspecified atom stereocenters. The first kappa shape index (κ1) is 24.5. The molecule has 35 heavy (non-hydrogen) atoms. The van der Waals surface area contributed by atoms with Crippen LogP contribution in [0.2, 0.25) is 5.02 Å². The van der Waals surface area contributed by atoms with Crippen molar-refractivity contribution in [2.75, 3.05) is 62.3 Å². The molecule has 0 aromatic carbocycles. The van der Waals surface area contributed by atoms with E-state index in [-0.39, 0.29) is 17.4 Å². The molecule has 5 rings (SSSR count). The number of amides is 1. The number of rotatable bonds is 4. The second kappa shape index (κ2) is 10.5. The lowest BCUT2D eigenvalue weighted by Crippen LogP contribution is -2.59. The van der Waals surface area contributed by atoms with Crippen LogP contribution in [0.5, 0.6) is 0 Å². The fourth-order valence-electron chi connectivity index (χ4n) is 5.28. The third-order valence-electron chi connectivity index (χ3n) is 7.59. The molecule has 1 atom stereocenters. The Morgan fingerprint density at radius 3 is 2.49 bits per heavy atom. The first-order valence-electron chi connectivity index (χ1n) is 12.2. The van der Waals surface area contributed by atoms with Crippen LogP contribution < -0.4 is 15.5 Å². The second-order valence-corrected chi connectivity index (χ2v) is 11.0. The van der Waals surface area contributed by atoms with E-state index in [0.29, 0.717) is 24.8 Å². The maximum Gasteiger partial charge on any atom is 0.219 e. The molecule has 11 heteroatoms. The van der Waals surface area contributed by atoms with E-state index in [2.05, 4.69) is 19.8 Å². The maximum absolute atomic E-state index is 11.7. The van der Waals surface area contributed by atoms with Crippen LogP contribution >= 0.6 is 23.4 Å². The number of anilines is 2. The number of aromatic nitrogens is 3. The van der Waals surface area contributed by atoms with Crippen LogP contribution in [0, 0.1) is 5.41 Å². The normalized spacial score (nSPS) is 22.5. The highest BCUT2D eigenvalue weighted by Gasteiger charge is 2.43. The van der Waals surface area contributed by atoms with E-state index in [1.807, 2.05) is 23.4 Å². The number of carbonyl (C=O) groups excluding carboxylic acids is 1. The van der Waals surface area contributed by atoms with E-state index in [1.54, 1.807) is 13.1 Å². The number of ether oxygens (including phenoxy) is 1. The van der Waals surface area contributed by atoms with E-state index in [9.17, 15) is 4.79 Å². The summed E-state index contributed by atoms with van der Waals surface area (Å²) < 4.78 is 5.44. The first-order valence-corrected chi connectivity index (χ1v) is 13.4. The van der Waals surface area contributed by atoms with Gasteiger partial charge in [0.25, 0.3) is 0 Å². The number of hydrogen-bond acceptors (Lipinski definition) is 9. The highest BCUT2D eigenvalue weighted by molar-refractivity contribution is 7.99. The standard InChI is InChI=1S/C24H32ClN7O2S/c1-17(33)32-9-5-24(19(26)16-32)3-7-30(8-4-24)20-14-29-21(15-28-20)35-18-2-6-27-23(22(18)25)31-10-12-34-13-11-31/h2,6,14-15,19H,3-5,7-13,16,26H2,1H3. The summed E-state index contributed by atoms with van der Waals surface area (Å²) in [5.74, 6) is 1.79. The molecular formula is C24H32ClN7O2S. The summed E-state index contributed by atoms with van der Waals surface area (Å²) in [6, 6.07) is 1.94. The average molecular weight is 518 g/mol. The zero-order valence-electron chi connectivity index (χ0n) is 20.0. The molecule has 0 bridgehead atoms. The lowest BCUT2D eigenvalue weighted by molar-refractivity contribution is -0.132. The van der Waals surface area contributed by atoms with E-state index < -0.39 is 0 Å². The monoisotopic (exact) mass is 517 g/mol. The number of likely N-dealkylation sites (tertiary alicyclic amines) is 1. The van der Waals surface area contributed by atoms with Crippen molar-refractivity contribution in [2.24, 2.45) is 11.1 Å². The van der Waals surface area contributed by atoms with Gasteiger partial charge < -0.3 is 25.2 Å². The fourth-order valence-corrected chi connectivity index (χ4v) is 6.37. The molecule has 2 N–H and O–H groups in total. The minimum Gasteiger partial charge on any atom is -0.378 e. The van der Waals surface area contributed by atoms with Crippen molar-refractivity contribution in [3.05, 3.63) is 29.7 Å². The van der Waals surface area contributed by atoms with Crippen LogP contribution in [0.3, 0.4) is 0 Å². The highest BCUT2D eigenvalue weighted by Crippen LogP contribution is 2.42. The highest BCUT2D eigenvalue weighted by atomic mass is 35.5. The van der Waals surface area contributed by atoms with Crippen LogP contribution in [0.1, 0.15) is 26.2 Å². The predicted octanol–water partition coefficient (Wildman–Crippen LogP) is 2.68. The minimum atomic E-state index is 0.0274. The van der Waals surface area contributed by atoms with Crippen molar-refractivity contribution < 1.29 is 9.53 Å². The Morgan fingerprint density at radius 1 is 1.09 bits per heavy atom. The third kappa shape index (κ3) is 5.21. The summed E-state index contributed by atoms with van der Waals surface area (Å²) in [6.45, 7) is 7.82. The minimum absolute atomic E-state index is 0.0274. The molecule has 3 aliphatic rings. The zero-order valence-corrected chi connectivity index (χ0v) is 21.6. The molecule has 3 aliphatic heterocycles. The molecule has 2 aromatic heterocycles. The summed E-state index contributed by atoms with van der Waals surface area (Å²) in [6.07, 6.45) is 8.44. The lowest BCUT2D eigenvalue weighted by atomic mass is 9.68. The summed E-state index contributed by atoms with van der Waals surface area (Å²) >= 11 is 8.20. The number of nitrogens with zero attached hydrogens (tertiary/aromatic N) is 6. The molecule has 3 saturated heterocycles. The summed E-state index contributed by atoms with van der Waals surface area (Å²) in [4.78, 5) is 32.8. The van der Waals surface area contributed by atoms with Gasteiger partial charge in [-0.15, -0.1) is 0 Å². The van der Waals surface area contributed by atoms with Crippen LogP contribution in [-0.2, 0) is 9.53 Å². The smallest absolute Gasteiger partial charge is 0.219 e. The van der Waals surface area contributed by atoms with Gasteiger partial charge in [-0.1, -0.05) is 23.4 Å². The number of hydrogen-bond donors (Lipinski definition) is 1. The molecule has 0 radical (unpaired) electrons. The lowest BCUT2D eigenvalue weighted by Gasteiger charge is -2.50. The van der Waals surface area contributed by atoms with Gasteiger partial charge >= 0.3 is 0 Å². The maximum atomic E-state index is 11.7. The van der Waals surface area contributed by atoms with Crippen molar-refractivity contribution in [3.8, 4) is 0 Å². The number of carbonyl (C=O) groups is 1. The van der Waals surface area contributed by atoms with Gasteiger partial charge in [-0.25, -0.2) is 15.0 Å². The predicted molar refractivity (Wildman–Crippen MR) is 137 cm³/mol. The van der Waals surface area contributed by atoms with E-state index in [4.69, 9.17) is 27.1 Å². The number of pyridine rings is 1. The molecule has 2 aromatic rings. The van der Waals surface area contributed by atoms with Crippen molar-refractivity contribution in [1.82, 2.24) is 19.9 Å². The van der Waals surface area contributed by atoms with E-state index in [0.717, 1.165) is 73.5 Å². The molecule has 0 aliphatic carbocycles. The van der Waals surface area contributed by atoms with Gasteiger partial charge in [0.1, 0.15) is 16.7 Å². The molecule has 0 saturated carbocycles. The second-order valence-electron chi connectivity index (χ2n) is 9.53. The van der Waals surface area contributed by atoms with Gasteiger partial charge in [-0.2, -0.15) is 0 Å². The third-order valence-corrected chi connectivity index (χ3v) is 9.05. The van der Waals surface area contributed by atoms with Crippen LogP contribution in [-0.4, -0.2) is 84.3 Å². The van der Waals surface area contributed by atoms with E-state index >= 15 is 0 Å². The Labute approximate surface area is 215 Å². The largest absolute Gasteiger partial charge is 0.378 e. The Kier molecular flexibility index (Phi) is 7.34. The number of morpholine rings is 1. The van der Waals surface area contributed by atoms with Crippen molar-refractivity contribution in [3.63, 3.8) is 0 Å². The van der Waals surface area contributed by atoms with Crippen LogP contribution in [0.4, 0.5) is 11.6 Å². The topological polar surface area (TPSA) is 101 Å². The zero-order chi connectivity index (χ0) is 24.4. The Morgan fingerprint density at radius 2 is 1.83 bits per heavy atom. The van der Waals surface area contributed by atoms with Gasteiger partial charge in [0.15, 0.2) is 0 Å². The van der Waals surface area contributed by atoms with Crippen LogP contribution in [0.25, 0.3) is 0 Å². The quantitative estimate of drug-likeness (QED) is 0.655. The number of nitrogens with two attached hydrogens (primary N) is 1. The SMILES string of the molecule is CC(=O)N1CCC2(CCN(c3cnc(Sc4ccnc(N5CCOCC5)c4Cl)cn3)CC2)C(N)C1. The van der Waals surface area contributed by atoms with E-state index in [1.165, 1.54) is 11.8 Å². The van der Waals surface area contributed by atoms with Crippen molar-refractivity contribution in [2.45, 2.75) is 42.1 Å². The summed E-state index contributed by atoms with van der Waals surface area (Å²) in [7, 11) is 0. The van der Waals surface area contributed by atoms with Crippen molar-refractivity contribution in [1.29, 1.82) is 0 Å².